The Morgan fingerprint density at radius 1 is 1.21 bits per heavy atom. The summed E-state index contributed by atoms with van der Waals surface area (Å²) >= 11 is 0.399. The molecule has 0 N–H and O–H groups in total. The second-order valence-electron chi connectivity index (χ2n) is 5.97. The molecule has 3 aliphatic rings. The number of aromatic nitrogens is 1. The molecule has 0 aromatic carbocycles. The number of pyridine rings is 1. The Hall–Kier alpha value is -2.34. The molecule has 0 saturated heterocycles. The number of nitrogens with zero attached hydrogens (tertiary/aromatic N) is 3. The Bertz CT molecular complexity index is 890. The van der Waals surface area contributed by atoms with E-state index in [9.17, 15) is 4.21 Å². The third-order valence-electron chi connectivity index (χ3n) is 4.56. The van der Waals surface area contributed by atoms with Gasteiger partial charge in [-0.05, 0) is 55.0 Å². The monoisotopic (exact) mass is 339 g/mol. The summed E-state index contributed by atoms with van der Waals surface area (Å²) in [6.07, 6.45) is 10.8. The molecule has 2 heterocycles. The predicted molar refractivity (Wildman–Crippen MR) is 95.8 cm³/mol. The number of aliphatic imine (C=N–C) groups is 2. The summed E-state index contributed by atoms with van der Waals surface area (Å²) in [7, 11) is 1.55. The van der Waals surface area contributed by atoms with Gasteiger partial charge in [-0.1, -0.05) is 0 Å². The van der Waals surface area contributed by atoms with E-state index in [1.54, 1.807) is 13.2 Å². The van der Waals surface area contributed by atoms with Crippen LogP contribution in [0.3, 0.4) is 0 Å². The minimum Gasteiger partial charge on any atom is -0.495 e. The normalized spacial score (nSPS) is 18.8. The minimum atomic E-state index is 0.399. The number of hydrogen-bond acceptors (Lipinski definition) is 5. The molecular weight excluding hydrogens is 322 g/mol. The Labute approximate surface area is 144 Å². The van der Waals surface area contributed by atoms with Crippen LogP contribution >= 0.6 is 0 Å². The van der Waals surface area contributed by atoms with Gasteiger partial charge in [0.1, 0.15) is 33.4 Å². The van der Waals surface area contributed by atoms with Gasteiger partial charge in [0.15, 0.2) is 0 Å². The molecule has 0 amide bonds. The molecule has 0 spiro atoms. The lowest BCUT2D eigenvalue weighted by molar-refractivity contribution is 0.317. The zero-order chi connectivity index (χ0) is 16.5. The first-order chi connectivity index (χ1) is 11.8. The van der Waals surface area contributed by atoms with Crippen LogP contribution in [0.4, 0.5) is 0 Å². The Kier molecular flexibility index (Phi) is 3.98. The summed E-state index contributed by atoms with van der Waals surface area (Å²) in [4.78, 5) is 14.2. The average Bonchev–Trinajstić information content (AvgIpc) is 3.03. The van der Waals surface area contributed by atoms with Crippen molar-refractivity contribution in [2.24, 2.45) is 9.98 Å². The maximum Gasteiger partial charge on any atom is 0.141 e. The molecule has 6 heteroatoms. The number of allylic oxidation sites excluding steroid dienone is 4. The van der Waals surface area contributed by atoms with Crippen molar-refractivity contribution in [3.8, 4) is 0 Å². The van der Waals surface area contributed by atoms with Crippen molar-refractivity contribution in [1.82, 2.24) is 4.98 Å². The first-order valence-corrected chi connectivity index (χ1v) is 8.80. The van der Waals surface area contributed by atoms with E-state index in [-0.39, 0.29) is 0 Å². The summed E-state index contributed by atoms with van der Waals surface area (Å²) in [5.74, 6) is 1.25. The minimum absolute atomic E-state index is 0.399. The molecule has 0 saturated carbocycles. The lowest BCUT2D eigenvalue weighted by Crippen LogP contribution is -2.20. The molecule has 24 heavy (non-hydrogen) atoms. The number of aryl methyl sites for hydroxylation is 1. The van der Waals surface area contributed by atoms with E-state index < -0.39 is 0 Å². The zero-order valence-corrected chi connectivity index (χ0v) is 14.2. The average molecular weight is 339 g/mol. The fraction of sp³-hybridized carbons (Fsp3) is 0.333. The van der Waals surface area contributed by atoms with E-state index in [2.05, 4.69) is 21.0 Å². The first-order valence-electron chi connectivity index (χ1n) is 8.06. The van der Waals surface area contributed by atoms with Crippen molar-refractivity contribution in [3.63, 3.8) is 0 Å². The highest BCUT2D eigenvalue weighted by Gasteiger charge is 2.27. The van der Waals surface area contributed by atoms with Gasteiger partial charge in [0.05, 0.1) is 24.9 Å². The second kappa shape index (κ2) is 6.28. The fourth-order valence-electron chi connectivity index (χ4n) is 3.39. The molecule has 5 nitrogen and oxygen atoms in total. The number of fused-ring (bicyclic) bond motifs is 2. The van der Waals surface area contributed by atoms with Gasteiger partial charge >= 0.3 is 0 Å². The smallest absolute Gasteiger partial charge is 0.141 e. The molecule has 1 aliphatic heterocycles. The van der Waals surface area contributed by atoms with Crippen LogP contribution in [0.25, 0.3) is 0 Å². The van der Waals surface area contributed by atoms with E-state index in [1.807, 2.05) is 12.3 Å². The van der Waals surface area contributed by atoms with Crippen LogP contribution in [0.1, 0.15) is 29.7 Å². The molecule has 2 aliphatic carbocycles. The molecule has 1 aromatic heterocycles. The number of methoxy groups -OCH3 is 1. The van der Waals surface area contributed by atoms with Gasteiger partial charge in [0.25, 0.3) is 0 Å². The van der Waals surface area contributed by atoms with Gasteiger partial charge in [0.2, 0.25) is 0 Å². The van der Waals surface area contributed by atoms with Gasteiger partial charge in [-0.25, -0.2) is 14.2 Å². The highest BCUT2D eigenvalue weighted by atomic mass is 32.1. The summed E-state index contributed by atoms with van der Waals surface area (Å²) in [6.45, 7) is 0. The van der Waals surface area contributed by atoms with Crippen LogP contribution in [0.5, 0.6) is 0 Å². The first kappa shape index (κ1) is 15.2. The van der Waals surface area contributed by atoms with Gasteiger partial charge in [-0.2, -0.15) is 0 Å². The van der Waals surface area contributed by atoms with Crippen LogP contribution < -0.4 is 0 Å². The molecular formula is C18H17N3O2S. The van der Waals surface area contributed by atoms with Gasteiger partial charge in [0, 0.05) is 6.20 Å². The third-order valence-corrected chi connectivity index (χ3v) is 5.12. The lowest BCUT2D eigenvalue weighted by atomic mass is 9.90. The predicted octanol–water partition coefficient (Wildman–Crippen LogP) is 2.17. The fourth-order valence-corrected chi connectivity index (χ4v) is 3.86. The summed E-state index contributed by atoms with van der Waals surface area (Å²) in [6, 6.07) is 2.12. The van der Waals surface area contributed by atoms with E-state index >= 15 is 0 Å². The number of amidine groups is 1. The zero-order valence-electron chi connectivity index (χ0n) is 13.4. The Morgan fingerprint density at radius 3 is 2.92 bits per heavy atom. The van der Waals surface area contributed by atoms with Crippen molar-refractivity contribution < 1.29 is 8.95 Å². The highest BCUT2D eigenvalue weighted by Crippen LogP contribution is 2.26. The van der Waals surface area contributed by atoms with E-state index in [1.165, 1.54) is 24.0 Å². The lowest BCUT2D eigenvalue weighted by Gasteiger charge is -2.17. The summed E-state index contributed by atoms with van der Waals surface area (Å²) in [5, 5.41) is 0. The molecule has 0 atom stereocenters. The van der Waals surface area contributed by atoms with Crippen LogP contribution in [0, 0.1) is 0 Å². The Morgan fingerprint density at radius 2 is 2.08 bits per heavy atom. The molecule has 0 bridgehead atoms. The standard InChI is InChI=1S/C18H17N3O2S/c1-23-15-7-6-13-17(18(15)24-22)21-16(20-13)10-14-12-5-3-2-4-11(12)8-9-19-14/h6-9H,2-5,10H2,1H3. The quantitative estimate of drug-likeness (QED) is 0.793. The van der Waals surface area contributed by atoms with Crippen molar-refractivity contribution >= 4 is 27.7 Å². The maximum absolute atomic E-state index is 11.4. The van der Waals surface area contributed by atoms with Crippen molar-refractivity contribution in [3.05, 3.63) is 52.7 Å². The number of ether oxygens (including phenoxy) is 1. The van der Waals surface area contributed by atoms with Crippen molar-refractivity contribution in [1.29, 1.82) is 0 Å². The van der Waals surface area contributed by atoms with Crippen LogP contribution in [-0.4, -0.2) is 32.7 Å². The SMILES string of the molecule is COC1=CC=C2N=C(Cc3nccc4c3CCCC4)N=C2C1=S=O. The summed E-state index contributed by atoms with van der Waals surface area (Å²) in [5.41, 5.74) is 5.17. The molecule has 0 unspecified atom stereocenters. The molecule has 0 radical (unpaired) electrons. The third kappa shape index (κ3) is 2.57. The van der Waals surface area contributed by atoms with E-state index in [4.69, 9.17) is 4.74 Å². The molecule has 1 aromatic rings. The van der Waals surface area contributed by atoms with Crippen LogP contribution in [0.2, 0.25) is 0 Å². The number of rotatable bonds is 3. The van der Waals surface area contributed by atoms with Crippen molar-refractivity contribution in [2.45, 2.75) is 32.1 Å². The van der Waals surface area contributed by atoms with Gasteiger partial charge in [-0.3, -0.25) is 4.98 Å². The topological polar surface area (TPSA) is 63.9 Å². The van der Waals surface area contributed by atoms with Crippen LogP contribution in [0.15, 0.2) is 45.9 Å². The van der Waals surface area contributed by atoms with Gasteiger partial charge < -0.3 is 4.74 Å². The maximum atomic E-state index is 11.4. The molecule has 4 rings (SSSR count). The van der Waals surface area contributed by atoms with Crippen LogP contribution in [-0.2, 0) is 35.3 Å². The van der Waals surface area contributed by atoms with E-state index in [0.717, 1.165) is 24.2 Å². The highest BCUT2D eigenvalue weighted by molar-refractivity contribution is 7.69. The molecule has 0 fully saturated rings. The Balaban J connectivity index is 1.65. The van der Waals surface area contributed by atoms with Gasteiger partial charge in [-0.15, -0.1) is 0 Å². The largest absolute Gasteiger partial charge is 0.495 e. The molecule has 122 valence electrons. The second-order valence-corrected chi connectivity index (χ2v) is 6.54. The van der Waals surface area contributed by atoms with E-state index in [0.29, 0.717) is 39.8 Å². The summed E-state index contributed by atoms with van der Waals surface area (Å²) < 4.78 is 16.7. The number of hydrogen-bond donors (Lipinski definition) is 0. The van der Waals surface area contributed by atoms with Crippen molar-refractivity contribution in [2.75, 3.05) is 7.11 Å².